The molecule has 0 unspecified atom stereocenters. The van der Waals surface area contributed by atoms with Crippen LogP contribution in [0.4, 0.5) is 4.39 Å². The number of hydrogen-bond acceptors (Lipinski definition) is 0. The Morgan fingerprint density at radius 2 is 1.75 bits per heavy atom. The van der Waals surface area contributed by atoms with Crippen LogP contribution in [0.1, 0.15) is 0 Å². The molecule has 2 aromatic carbocycles. The van der Waals surface area contributed by atoms with E-state index in [4.69, 9.17) is 0 Å². The molecule has 0 bridgehead atoms. The minimum absolute atomic E-state index is 0.214. The number of halogens is 2. The Morgan fingerprint density at radius 3 is 2.58 bits per heavy atom. The average molecular weight is 225 g/mol. The first-order valence-electron chi connectivity index (χ1n) is 3.62. The highest BCUT2D eigenvalue weighted by molar-refractivity contribution is 9.10. The van der Waals surface area contributed by atoms with Gasteiger partial charge in [0, 0.05) is 0 Å². The highest BCUT2D eigenvalue weighted by atomic mass is 79.9. The summed E-state index contributed by atoms with van der Waals surface area (Å²) in [4.78, 5) is 0. The molecular weight excluding hydrogens is 219 g/mol. The molecule has 0 saturated heterocycles. The molecule has 0 aliphatic rings. The lowest BCUT2D eigenvalue weighted by Crippen LogP contribution is -1.79. The van der Waals surface area contributed by atoms with Crippen molar-refractivity contribution in [3.8, 4) is 0 Å². The van der Waals surface area contributed by atoms with Crippen molar-refractivity contribution < 1.29 is 4.39 Å². The second kappa shape index (κ2) is 2.87. The van der Waals surface area contributed by atoms with Gasteiger partial charge in [-0.15, -0.1) is 0 Å². The van der Waals surface area contributed by atoms with E-state index < -0.39 is 0 Å². The second-order valence-electron chi connectivity index (χ2n) is 2.58. The lowest BCUT2D eigenvalue weighted by Gasteiger charge is -2.00. The number of fused-ring (bicyclic) bond motifs is 1. The molecule has 0 aliphatic carbocycles. The topological polar surface area (TPSA) is 0 Å². The van der Waals surface area contributed by atoms with Gasteiger partial charge in [-0.2, -0.15) is 0 Å². The third kappa shape index (κ3) is 1.12. The fourth-order valence-electron chi connectivity index (χ4n) is 1.21. The van der Waals surface area contributed by atoms with Crippen molar-refractivity contribution in [1.82, 2.24) is 0 Å². The summed E-state index contributed by atoms with van der Waals surface area (Å²) in [7, 11) is 0. The van der Waals surface area contributed by atoms with Crippen LogP contribution in [0.25, 0.3) is 10.8 Å². The molecule has 0 fully saturated rings. The summed E-state index contributed by atoms with van der Waals surface area (Å²) >= 11 is 3.21. The van der Waals surface area contributed by atoms with E-state index in [-0.39, 0.29) is 5.82 Å². The van der Waals surface area contributed by atoms with Gasteiger partial charge < -0.3 is 0 Å². The second-order valence-corrected chi connectivity index (χ2v) is 3.38. The van der Waals surface area contributed by atoms with E-state index in [1.807, 2.05) is 24.3 Å². The fraction of sp³-hybridized carbons (Fsp3) is 0. The Balaban J connectivity index is 2.91. The number of hydrogen-bond donors (Lipinski definition) is 0. The zero-order valence-corrected chi connectivity index (χ0v) is 7.81. The largest absolute Gasteiger partial charge is 0.206 e. The van der Waals surface area contributed by atoms with Crippen molar-refractivity contribution in [3.05, 3.63) is 46.7 Å². The van der Waals surface area contributed by atoms with Gasteiger partial charge in [0.1, 0.15) is 5.82 Å². The Bertz CT molecular complexity index is 423. The maximum Gasteiger partial charge on any atom is 0.138 e. The molecule has 0 radical (unpaired) electrons. The van der Waals surface area contributed by atoms with E-state index in [1.165, 1.54) is 6.07 Å². The van der Waals surface area contributed by atoms with Crippen LogP contribution in [-0.4, -0.2) is 0 Å². The van der Waals surface area contributed by atoms with Crippen molar-refractivity contribution >= 4 is 26.7 Å². The van der Waals surface area contributed by atoms with E-state index >= 15 is 0 Å². The summed E-state index contributed by atoms with van der Waals surface area (Å²) in [6.07, 6.45) is 0. The van der Waals surface area contributed by atoms with Gasteiger partial charge in [-0.25, -0.2) is 4.39 Å². The number of benzene rings is 2. The maximum absolute atomic E-state index is 13.0. The van der Waals surface area contributed by atoms with Crippen molar-refractivity contribution in [2.75, 3.05) is 0 Å². The van der Waals surface area contributed by atoms with Crippen LogP contribution in [0.2, 0.25) is 0 Å². The van der Waals surface area contributed by atoms with Crippen LogP contribution < -0.4 is 0 Å². The smallest absolute Gasteiger partial charge is 0.138 e. The highest BCUT2D eigenvalue weighted by Crippen LogP contribution is 2.26. The van der Waals surface area contributed by atoms with Gasteiger partial charge in [0.2, 0.25) is 0 Å². The van der Waals surface area contributed by atoms with Gasteiger partial charge in [0.25, 0.3) is 0 Å². The van der Waals surface area contributed by atoms with E-state index in [0.29, 0.717) is 4.47 Å². The fourth-order valence-corrected chi connectivity index (χ4v) is 1.70. The molecule has 2 aromatic rings. The Hall–Kier alpha value is -0.890. The first-order valence-corrected chi connectivity index (χ1v) is 4.41. The summed E-state index contributed by atoms with van der Waals surface area (Å²) in [5, 5.41) is 1.96. The van der Waals surface area contributed by atoms with E-state index in [9.17, 15) is 4.39 Å². The molecule has 0 spiro atoms. The van der Waals surface area contributed by atoms with Gasteiger partial charge >= 0.3 is 0 Å². The zero-order chi connectivity index (χ0) is 8.55. The summed E-state index contributed by atoms with van der Waals surface area (Å²) in [5.41, 5.74) is 0. The molecule has 0 heterocycles. The highest BCUT2D eigenvalue weighted by Gasteiger charge is 2.02. The van der Waals surface area contributed by atoms with Crippen LogP contribution in [0.5, 0.6) is 0 Å². The van der Waals surface area contributed by atoms with Crippen LogP contribution in [0.3, 0.4) is 0 Å². The van der Waals surface area contributed by atoms with Gasteiger partial charge in [-0.3, -0.25) is 0 Å². The Labute approximate surface area is 78.1 Å². The van der Waals surface area contributed by atoms with Gasteiger partial charge in [-0.05, 0) is 32.8 Å². The maximum atomic E-state index is 13.0. The SMILES string of the molecule is Fc1ccc2ccccc2c1Br. The molecule has 0 saturated carbocycles. The summed E-state index contributed by atoms with van der Waals surface area (Å²) < 4.78 is 13.5. The third-order valence-electron chi connectivity index (χ3n) is 1.82. The minimum Gasteiger partial charge on any atom is -0.206 e. The lowest BCUT2D eigenvalue weighted by atomic mass is 10.1. The van der Waals surface area contributed by atoms with Gasteiger partial charge in [-0.1, -0.05) is 30.3 Å². The van der Waals surface area contributed by atoms with Crippen molar-refractivity contribution in [3.63, 3.8) is 0 Å². The molecule has 0 N–H and O–H groups in total. The quantitative estimate of drug-likeness (QED) is 0.640. The van der Waals surface area contributed by atoms with Crippen LogP contribution in [0, 0.1) is 5.82 Å². The van der Waals surface area contributed by atoms with E-state index in [0.717, 1.165) is 10.8 Å². The predicted molar refractivity (Wildman–Crippen MR) is 51.6 cm³/mol. The normalized spacial score (nSPS) is 10.5. The molecule has 0 amide bonds. The van der Waals surface area contributed by atoms with Crippen LogP contribution in [0.15, 0.2) is 40.9 Å². The molecule has 0 aromatic heterocycles. The minimum atomic E-state index is -0.214. The van der Waals surface area contributed by atoms with Crippen molar-refractivity contribution in [2.24, 2.45) is 0 Å². The molecule has 0 aliphatic heterocycles. The predicted octanol–water partition coefficient (Wildman–Crippen LogP) is 3.74. The molecule has 0 atom stereocenters. The number of rotatable bonds is 0. The Kier molecular flexibility index (Phi) is 1.85. The lowest BCUT2D eigenvalue weighted by molar-refractivity contribution is 0.623. The first-order chi connectivity index (χ1) is 5.79. The van der Waals surface area contributed by atoms with Crippen molar-refractivity contribution in [2.45, 2.75) is 0 Å². The molecule has 2 rings (SSSR count). The molecule has 60 valence electrons. The van der Waals surface area contributed by atoms with Crippen LogP contribution in [-0.2, 0) is 0 Å². The van der Waals surface area contributed by atoms with E-state index in [2.05, 4.69) is 15.9 Å². The molecular formula is C10H6BrF. The summed E-state index contributed by atoms with van der Waals surface area (Å²) in [6, 6.07) is 10.9. The van der Waals surface area contributed by atoms with Gasteiger partial charge in [0.15, 0.2) is 0 Å². The average Bonchev–Trinajstić information content (AvgIpc) is 2.12. The Morgan fingerprint density at radius 1 is 1.00 bits per heavy atom. The first kappa shape index (κ1) is 7.74. The summed E-state index contributed by atoms with van der Waals surface area (Å²) in [6.45, 7) is 0. The monoisotopic (exact) mass is 224 g/mol. The zero-order valence-electron chi connectivity index (χ0n) is 6.22. The van der Waals surface area contributed by atoms with E-state index in [1.54, 1.807) is 6.07 Å². The molecule has 12 heavy (non-hydrogen) atoms. The molecule has 2 heteroatoms. The van der Waals surface area contributed by atoms with Gasteiger partial charge in [0.05, 0.1) is 4.47 Å². The van der Waals surface area contributed by atoms with Crippen LogP contribution >= 0.6 is 15.9 Å². The summed E-state index contributed by atoms with van der Waals surface area (Å²) in [5.74, 6) is -0.214. The third-order valence-corrected chi connectivity index (χ3v) is 2.62. The standard InChI is InChI=1S/C10H6BrF/c11-10-8-4-2-1-3-7(8)5-6-9(10)12/h1-6H. The molecule has 0 nitrogen and oxygen atoms in total. The van der Waals surface area contributed by atoms with Crippen molar-refractivity contribution in [1.29, 1.82) is 0 Å².